The second-order valence-electron chi connectivity index (χ2n) is 23.3. The molecular weight excluding hydrogens is 1170 g/mol. The molecule has 16 nitrogen and oxygen atoms in total. The van der Waals surface area contributed by atoms with Crippen molar-refractivity contribution in [1.29, 1.82) is 0 Å². The van der Waals surface area contributed by atoms with Gasteiger partial charge in [-0.2, -0.15) is 0 Å². The molecule has 0 radical (unpaired) electrons. The van der Waals surface area contributed by atoms with E-state index in [4.69, 9.17) is 32.3 Å². The lowest BCUT2D eigenvalue weighted by molar-refractivity contribution is -0.161. The summed E-state index contributed by atoms with van der Waals surface area (Å²) in [4.78, 5) is 58.3. The summed E-state index contributed by atoms with van der Waals surface area (Å²) in [7, 11) is -9.76. The van der Waals surface area contributed by atoms with Crippen molar-refractivity contribution in [3.63, 3.8) is 0 Å². The van der Waals surface area contributed by atoms with E-state index < -0.39 is 91.5 Å². The molecule has 89 heavy (non-hydrogen) atoms. The molecule has 0 amide bonds. The van der Waals surface area contributed by atoms with Gasteiger partial charge in [-0.15, -0.1) is 0 Å². The molecule has 0 aromatic carbocycles. The fourth-order valence-electron chi connectivity index (χ4n) is 9.27. The van der Waals surface area contributed by atoms with E-state index in [1.165, 1.54) is 103 Å². The highest BCUT2D eigenvalue weighted by Gasteiger charge is 2.29. The Morgan fingerprint density at radius 1 is 0.326 bits per heavy atom. The van der Waals surface area contributed by atoms with Crippen LogP contribution in [-0.4, -0.2) is 95.9 Å². The van der Waals surface area contributed by atoms with Gasteiger partial charge in [-0.25, -0.2) is 9.13 Å². The molecule has 0 aromatic heterocycles. The van der Waals surface area contributed by atoms with Gasteiger partial charge in [0.1, 0.15) is 25.4 Å². The largest absolute Gasteiger partial charge is 0.472 e. The number of esters is 3. The molecule has 4 N–H and O–H groups in total. The van der Waals surface area contributed by atoms with E-state index in [-0.39, 0.29) is 19.3 Å². The van der Waals surface area contributed by atoms with Crippen molar-refractivity contribution in [2.45, 2.75) is 309 Å². The molecule has 0 aliphatic heterocycles. The van der Waals surface area contributed by atoms with Crippen molar-refractivity contribution in [2.24, 2.45) is 0 Å². The number of rotatable bonds is 66. The Kier molecular flexibility index (Phi) is 62.4. The van der Waals surface area contributed by atoms with Gasteiger partial charge in [0.15, 0.2) is 6.10 Å². The van der Waals surface area contributed by atoms with E-state index in [1.807, 2.05) is 0 Å². The van der Waals surface area contributed by atoms with Gasteiger partial charge in [-0.05, 0) is 96.3 Å². The zero-order chi connectivity index (χ0) is 65.3. The fourth-order valence-corrected chi connectivity index (χ4v) is 10.9. The third-order valence-corrected chi connectivity index (χ3v) is 16.5. The van der Waals surface area contributed by atoms with Crippen molar-refractivity contribution >= 4 is 33.6 Å². The maximum absolute atomic E-state index is 12.9. The van der Waals surface area contributed by atoms with Crippen molar-refractivity contribution < 1.29 is 75.8 Å². The van der Waals surface area contributed by atoms with Crippen molar-refractivity contribution in [1.82, 2.24) is 0 Å². The maximum atomic E-state index is 12.9. The molecule has 0 fully saturated rings. The summed E-state index contributed by atoms with van der Waals surface area (Å²) in [5.41, 5.74) is 0. The third-order valence-electron chi connectivity index (χ3n) is 14.6. The van der Waals surface area contributed by atoms with Gasteiger partial charge in [-0.1, -0.05) is 260 Å². The standard InChI is InChI=1S/C71H126O16P2/c1-4-7-10-13-16-19-22-24-26-27-28-29-30-31-32-33-34-35-36-37-39-41-43-45-48-51-54-57-69(74)81-60-66(72)61-83-88(77,78)84-62-67(73)63-85-89(79,80)86-65-68(87-71(76)59-56-53-50-47-42-21-18-15-12-9-6-3)64-82-70(75)58-55-52-49-46-44-40-38-25-23-20-17-14-11-8-5-2/h7,10,16-17,19-20,24-26,28-29,31-32,38,66-68,72-73H,4-6,8-9,11-15,18,21-23,27,30,33-37,39-65H2,1-3H3,(H,77,78)(H,79,80)/b10-7-,19-16-,20-17-,26-24-,29-28-,32-31-,38-25-. The van der Waals surface area contributed by atoms with Gasteiger partial charge in [0.05, 0.1) is 26.4 Å². The molecule has 516 valence electrons. The highest BCUT2D eigenvalue weighted by molar-refractivity contribution is 7.47. The number of carbonyl (C=O) groups excluding carboxylic acids is 3. The van der Waals surface area contributed by atoms with Crippen LogP contribution in [0.25, 0.3) is 0 Å². The summed E-state index contributed by atoms with van der Waals surface area (Å²) in [6, 6.07) is 0. The number of phosphoric acid groups is 2. The topological polar surface area (TPSA) is 231 Å². The number of hydrogen-bond acceptors (Lipinski definition) is 14. The monoisotopic (exact) mass is 1300 g/mol. The van der Waals surface area contributed by atoms with Crippen LogP contribution in [0.5, 0.6) is 0 Å². The van der Waals surface area contributed by atoms with Crippen molar-refractivity contribution in [3.05, 3.63) is 85.1 Å². The van der Waals surface area contributed by atoms with Crippen LogP contribution in [0.15, 0.2) is 85.1 Å². The van der Waals surface area contributed by atoms with Crippen LogP contribution in [0.1, 0.15) is 290 Å². The second kappa shape index (κ2) is 64.8. The number of allylic oxidation sites excluding steroid dienone is 14. The quantitative estimate of drug-likeness (QED) is 0.0146. The molecule has 5 unspecified atom stereocenters. The summed E-state index contributed by atoms with van der Waals surface area (Å²) in [6.45, 7) is 2.51. The van der Waals surface area contributed by atoms with E-state index in [0.717, 1.165) is 128 Å². The third kappa shape index (κ3) is 66.0. The van der Waals surface area contributed by atoms with E-state index in [1.54, 1.807) is 0 Å². The van der Waals surface area contributed by atoms with Crippen LogP contribution in [0, 0.1) is 0 Å². The van der Waals surface area contributed by atoms with E-state index in [9.17, 15) is 43.5 Å². The van der Waals surface area contributed by atoms with Gasteiger partial charge in [-0.3, -0.25) is 32.5 Å². The van der Waals surface area contributed by atoms with Crippen LogP contribution in [0.2, 0.25) is 0 Å². The number of aliphatic hydroxyl groups excluding tert-OH is 2. The lowest BCUT2D eigenvalue weighted by atomic mass is 10.0. The van der Waals surface area contributed by atoms with Crippen molar-refractivity contribution in [3.8, 4) is 0 Å². The first-order valence-electron chi connectivity index (χ1n) is 34.9. The van der Waals surface area contributed by atoms with E-state index >= 15 is 0 Å². The smallest absolute Gasteiger partial charge is 0.463 e. The number of hydrogen-bond donors (Lipinski definition) is 4. The molecule has 0 bridgehead atoms. The van der Waals surface area contributed by atoms with Gasteiger partial charge in [0.25, 0.3) is 0 Å². The molecule has 0 rings (SSSR count). The summed E-state index contributed by atoms with van der Waals surface area (Å²) >= 11 is 0. The van der Waals surface area contributed by atoms with Gasteiger partial charge < -0.3 is 34.2 Å². The van der Waals surface area contributed by atoms with Crippen LogP contribution < -0.4 is 0 Å². The zero-order valence-corrected chi connectivity index (χ0v) is 57.6. The van der Waals surface area contributed by atoms with Gasteiger partial charge in [0.2, 0.25) is 0 Å². The van der Waals surface area contributed by atoms with Crippen LogP contribution in [-0.2, 0) is 55.8 Å². The molecule has 5 atom stereocenters. The molecular formula is C71H126O16P2. The molecule has 0 aliphatic rings. The number of aliphatic hydroxyl groups is 2. The molecule has 0 saturated carbocycles. The van der Waals surface area contributed by atoms with Crippen LogP contribution in [0.3, 0.4) is 0 Å². The maximum Gasteiger partial charge on any atom is 0.472 e. The first kappa shape index (κ1) is 85.7. The minimum atomic E-state index is -4.92. The second-order valence-corrected chi connectivity index (χ2v) is 26.2. The first-order valence-corrected chi connectivity index (χ1v) is 37.9. The Morgan fingerprint density at radius 2 is 0.596 bits per heavy atom. The Bertz CT molecular complexity index is 1970. The Morgan fingerprint density at radius 3 is 0.966 bits per heavy atom. The highest BCUT2D eigenvalue weighted by Crippen LogP contribution is 2.45. The lowest BCUT2D eigenvalue weighted by Crippen LogP contribution is -2.30. The molecule has 0 saturated heterocycles. The lowest BCUT2D eigenvalue weighted by Gasteiger charge is -2.21. The number of unbranched alkanes of at least 4 members (excludes halogenated alkanes) is 29. The molecule has 0 aromatic rings. The minimum absolute atomic E-state index is 0.105. The van der Waals surface area contributed by atoms with Gasteiger partial charge >= 0.3 is 33.6 Å². The van der Waals surface area contributed by atoms with Gasteiger partial charge in [0, 0.05) is 19.3 Å². The Balaban J connectivity index is 4.45. The Hall–Kier alpha value is -3.27. The molecule has 18 heteroatoms. The SMILES string of the molecule is CC/C=C\C/C=C\C/C=C\C/C=C\C/C=C\CCCCCCCCCCCCCC(=O)OCC(O)COP(=O)(O)OCC(O)COP(=O)(O)OCC(COC(=O)CCCCCCC/C=C\C/C=C\CCCCC)OC(=O)CCCCCCCCCCCCC. The summed E-state index contributed by atoms with van der Waals surface area (Å²) < 4.78 is 60.8. The summed E-state index contributed by atoms with van der Waals surface area (Å²) in [5, 5.41) is 20.5. The van der Waals surface area contributed by atoms with Crippen LogP contribution in [0.4, 0.5) is 0 Å². The predicted molar refractivity (Wildman–Crippen MR) is 362 cm³/mol. The highest BCUT2D eigenvalue weighted by atomic mass is 31.2. The molecule has 0 aliphatic carbocycles. The average molecular weight is 1300 g/mol. The number of ether oxygens (including phenoxy) is 3. The summed E-state index contributed by atoms with van der Waals surface area (Å²) in [5.74, 6) is -1.58. The predicted octanol–water partition coefficient (Wildman–Crippen LogP) is 19.3. The Labute approximate surface area is 540 Å². The summed E-state index contributed by atoms with van der Waals surface area (Å²) in [6.07, 6.45) is 69.3. The minimum Gasteiger partial charge on any atom is -0.463 e. The first-order chi connectivity index (χ1) is 43.2. The molecule has 0 spiro atoms. The number of carbonyl (C=O) groups is 3. The number of phosphoric ester groups is 2. The van der Waals surface area contributed by atoms with E-state index in [0.29, 0.717) is 19.3 Å². The van der Waals surface area contributed by atoms with Crippen LogP contribution >= 0.6 is 15.6 Å². The molecule has 0 heterocycles. The average Bonchev–Trinajstić information content (AvgIpc) is 3.56. The zero-order valence-electron chi connectivity index (χ0n) is 55.8. The normalized spacial score (nSPS) is 14.7. The fraction of sp³-hybridized carbons (Fsp3) is 0.761. The van der Waals surface area contributed by atoms with Crippen molar-refractivity contribution in [2.75, 3.05) is 39.6 Å². The van der Waals surface area contributed by atoms with E-state index in [2.05, 4.69) is 106 Å².